The van der Waals surface area contributed by atoms with Crippen molar-refractivity contribution in [2.45, 2.75) is 13.0 Å². The van der Waals surface area contributed by atoms with Crippen molar-refractivity contribution in [2.75, 3.05) is 14.2 Å². The van der Waals surface area contributed by atoms with Gasteiger partial charge in [-0.1, -0.05) is 12.1 Å². The monoisotopic (exact) mass is 279 g/mol. The van der Waals surface area contributed by atoms with Crippen LogP contribution in [0, 0.1) is 0 Å². The summed E-state index contributed by atoms with van der Waals surface area (Å²) in [5, 5.41) is 0. The van der Waals surface area contributed by atoms with Crippen molar-refractivity contribution in [2.24, 2.45) is 5.73 Å². The molecule has 20 heavy (non-hydrogen) atoms. The van der Waals surface area contributed by atoms with Crippen molar-refractivity contribution >= 4 is 18.0 Å². The molecule has 1 aromatic rings. The first-order valence-corrected chi connectivity index (χ1v) is 5.88. The Kier molecular flexibility index (Phi) is 5.58. The molecule has 0 fully saturated rings. The Balaban J connectivity index is 2.85. The maximum atomic E-state index is 11.5. The van der Waals surface area contributed by atoms with Crippen molar-refractivity contribution < 1.29 is 23.8 Å². The van der Waals surface area contributed by atoms with Crippen LogP contribution in [-0.4, -0.2) is 32.2 Å². The number of primary amides is 1. The average Bonchev–Trinajstić information content (AvgIpc) is 2.44. The summed E-state index contributed by atoms with van der Waals surface area (Å²) in [6.07, 6.45) is 1.73. The number of rotatable bonds is 6. The van der Waals surface area contributed by atoms with Crippen LogP contribution in [0.1, 0.15) is 12.5 Å². The van der Waals surface area contributed by atoms with E-state index in [9.17, 15) is 9.59 Å². The fourth-order valence-electron chi connectivity index (χ4n) is 1.47. The van der Waals surface area contributed by atoms with Crippen LogP contribution in [0.2, 0.25) is 0 Å². The highest BCUT2D eigenvalue weighted by Crippen LogP contribution is 2.31. The Morgan fingerprint density at radius 1 is 1.25 bits per heavy atom. The third kappa shape index (κ3) is 4.01. The molecule has 6 heteroatoms. The highest BCUT2D eigenvalue weighted by Gasteiger charge is 2.13. The van der Waals surface area contributed by atoms with Gasteiger partial charge in [-0.2, -0.15) is 0 Å². The first kappa shape index (κ1) is 15.6. The molecule has 1 rings (SSSR count). The number of carbonyl (C=O) groups is 2. The predicted molar refractivity (Wildman–Crippen MR) is 73.3 cm³/mol. The van der Waals surface area contributed by atoms with Gasteiger partial charge in [0.1, 0.15) is 0 Å². The third-order valence-corrected chi connectivity index (χ3v) is 2.53. The summed E-state index contributed by atoms with van der Waals surface area (Å²) in [6, 6.07) is 5.25. The minimum atomic E-state index is -0.973. The van der Waals surface area contributed by atoms with Crippen LogP contribution in [-0.2, 0) is 14.3 Å². The van der Waals surface area contributed by atoms with Gasteiger partial charge >= 0.3 is 5.97 Å². The van der Waals surface area contributed by atoms with Crippen molar-refractivity contribution in [3.8, 4) is 11.5 Å². The largest absolute Gasteiger partial charge is 0.493 e. The third-order valence-electron chi connectivity index (χ3n) is 2.53. The summed E-state index contributed by atoms with van der Waals surface area (Å²) in [7, 11) is 3.02. The van der Waals surface area contributed by atoms with E-state index < -0.39 is 18.0 Å². The van der Waals surface area contributed by atoms with Gasteiger partial charge in [0.25, 0.3) is 5.91 Å². The lowest BCUT2D eigenvalue weighted by Gasteiger charge is -2.10. The van der Waals surface area contributed by atoms with Crippen molar-refractivity contribution in [1.82, 2.24) is 0 Å². The van der Waals surface area contributed by atoms with Crippen molar-refractivity contribution in [3.63, 3.8) is 0 Å². The fourth-order valence-corrected chi connectivity index (χ4v) is 1.47. The van der Waals surface area contributed by atoms with E-state index >= 15 is 0 Å². The lowest BCUT2D eigenvalue weighted by Crippen LogP contribution is -2.29. The Bertz CT molecular complexity index is 524. The smallest absolute Gasteiger partial charge is 0.331 e. The van der Waals surface area contributed by atoms with E-state index in [2.05, 4.69) is 0 Å². The van der Waals surface area contributed by atoms with Gasteiger partial charge in [0.2, 0.25) is 0 Å². The molecule has 0 radical (unpaired) electrons. The SMILES string of the molecule is COc1cccc(/C=C/C(=O)O[C@@H](C)C(N)=O)c1OC. The van der Waals surface area contributed by atoms with E-state index in [4.69, 9.17) is 19.9 Å². The molecule has 0 aromatic heterocycles. The molecule has 1 aromatic carbocycles. The highest BCUT2D eigenvalue weighted by molar-refractivity contribution is 5.90. The van der Waals surface area contributed by atoms with Gasteiger partial charge in [0, 0.05) is 11.6 Å². The zero-order valence-corrected chi connectivity index (χ0v) is 11.6. The van der Waals surface area contributed by atoms with E-state index in [0.29, 0.717) is 17.1 Å². The molecule has 0 bridgehead atoms. The second-order valence-electron chi connectivity index (χ2n) is 3.90. The highest BCUT2D eigenvalue weighted by atomic mass is 16.5. The molecular formula is C14H17NO5. The normalized spacial score (nSPS) is 11.9. The first-order valence-electron chi connectivity index (χ1n) is 5.88. The van der Waals surface area contributed by atoms with Crippen LogP contribution < -0.4 is 15.2 Å². The maximum Gasteiger partial charge on any atom is 0.331 e. The van der Waals surface area contributed by atoms with Crippen LogP contribution in [0.15, 0.2) is 24.3 Å². The Hall–Kier alpha value is -2.50. The number of benzene rings is 1. The molecule has 1 amide bonds. The molecule has 108 valence electrons. The van der Waals surface area contributed by atoms with Crippen molar-refractivity contribution in [3.05, 3.63) is 29.8 Å². The second-order valence-corrected chi connectivity index (χ2v) is 3.90. The summed E-state index contributed by atoms with van der Waals surface area (Å²) in [6.45, 7) is 1.40. The minimum absolute atomic E-state index is 0.502. The number of esters is 1. The standard InChI is InChI=1S/C14H17NO5/c1-9(14(15)17)20-12(16)8-7-10-5-4-6-11(18-2)13(10)19-3/h4-9H,1-3H3,(H2,15,17)/b8-7+/t9-/m0/s1. The van der Waals surface area contributed by atoms with Gasteiger partial charge in [0.05, 0.1) is 14.2 Å². The van der Waals surface area contributed by atoms with Crippen molar-refractivity contribution in [1.29, 1.82) is 0 Å². The maximum absolute atomic E-state index is 11.5. The van der Waals surface area contributed by atoms with Gasteiger partial charge in [-0.15, -0.1) is 0 Å². The van der Waals surface area contributed by atoms with Crippen LogP contribution in [0.4, 0.5) is 0 Å². The zero-order valence-electron chi connectivity index (χ0n) is 11.6. The molecule has 0 aliphatic heterocycles. The molecule has 0 saturated heterocycles. The van der Waals surface area contributed by atoms with E-state index in [1.807, 2.05) is 0 Å². The number of nitrogens with two attached hydrogens (primary N) is 1. The minimum Gasteiger partial charge on any atom is -0.493 e. The number of para-hydroxylation sites is 1. The zero-order chi connectivity index (χ0) is 15.1. The lowest BCUT2D eigenvalue weighted by molar-refractivity contribution is -0.148. The Morgan fingerprint density at radius 2 is 1.95 bits per heavy atom. The number of hydrogen-bond acceptors (Lipinski definition) is 5. The molecular weight excluding hydrogens is 262 g/mol. The number of amides is 1. The van der Waals surface area contributed by atoms with Gasteiger partial charge in [0.15, 0.2) is 17.6 Å². The number of carbonyl (C=O) groups excluding carboxylic acids is 2. The molecule has 1 atom stereocenters. The Labute approximate surface area is 117 Å². The second kappa shape index (κ2) is 7.18. The van der Waals surface area contributed by atoms with Gasteiger partial charge < -0.3 is 19.9 Å². The summed E-state index contributed by atoms with van der Waals surface area (Å²) in [5.74, 6) is -0.317. The summed E-state index contributed by atoms with van der Waals surface area (Å²) >= 11 is 0. The summed E-state index contributed by atoms with van der Waals surface area (Å²) in [4.78, 5) is 22.3. The average molecular weight is 279 g/mol. The van der Waals surface area contributed by atoms with E-state index in [1.165, 1.54) is 33.3 Å². The fraction of sp³-hybridized carbons (Fsp3) is 0.286. The summed E-state index contributed by atoms with van der Waals surface area (Å²) < 4.78 is 15.2. The summed E-state index contributed by atoms with van der Waals surface area (Å²) in [5.41, 5.74) is 5.65. The molecule has 0 aliphatic carbocycles. The van der Waals surface area contributed by atoms with Gasteiger partial charge in [-0.25, -0.2) is 4.79 Å². The Morgan fingerprint density at radius 3 is 2.50 bits per heavy atom. The van der Waals surface area contributed by atoms with Crippen LogP contribution in [0.3, 0.4) is 0 Å². The molecule has 0 heterocycles. The van der Waals surface area contributed by atoms with E-state index in [1.54, 1.807) is 18.2 Å². The first-order chi connectivity index (χ1) is 9.49. The number of hydrogen-bond donors (Lipinski definition) is 1. The van der Waals surface area contributed by atoms with Crippen LogP contribution in [0.5, 0.6) is 11.5 Å². The number of methoxy groups -OCH3 is 2. The van der Waals surface area contributed by atoms with E-state index in [-0.39, 0.29) is 0 Å². The molecule has 2 N–H and O–H groups in total. The molecule has 0 saturated carbocycles. The van der Waals surface area contributed by atoms with E-state index in [0.717, 1.165) is 0 Å². The topological polar surface area (TPSA) is 87.9 Å². The quantitative estimate of drug-likeness (QED) is 0.623. The molecule has 0 unspecified atom stereocenters. The predicted octanol–water partition coefficient (Wildman–Crippen LogP) is 1.13. The number of ether oxygens (including phenoxy) is 3. The van der Waals surface area contributed by atoms with Gasteiger partial charge in [-0.3, -0.25) is 4.79 Å². The lowest BCUT2D eigenvalue weighted by atomic mass is 10.1. The molecule has 0 spiro atoms. The van der Waals surface area contributed by atoms with Crippen LogP contribution >= 0.6 is 0 Å². The molecule has 0 aliphatic rings. The van der Waals surface area contributed by atoms with Crippen LogP contribution in [0.25, 0.3) is 6.08 Å². The van der Waals surface area contributed by atoms with Gasteiger partial charge in [-0.05, 0) is 19.1 Å². The molecule has 6 nitrogen and oxygen atoms in total.